The van der Waals surface area contributed by atoms with E-state index in [1.807, 2.05) is 19.1 Å². The van der Waals surface area contributed by atoms with Crippen molar-refractivity contribution in [1.82, 2.24) is 0 Å². The largest absolute Gasteiger partial charge is 0.293 e. The van der Waals surface area contributed by atoms with Crippen LogP contribution in [0.25, 0.3) is 0 Å². The van der Waals surface area contributed by atoms with E-state index in [9.17, 15) is 4.79 Å². The van der Waals surface area contributed by atoms with Gasteiger partial charge in [0.1, 0.15) is 5.92 Å². The van der Waals surface area contributed by atoms with Crippen LogP contribution in [0.5, 0.6) is 0 Å². The molecule has 3 heteroatoms. The van der Waals surface area contributed by atoms with E-state index in [1.54, 1.807) is 19.1 Å². The Balaban J connectivity index is 3.09. The molecule has 0 spiro atoms. The van der Waals surface area contributed by atoms with E-state index in [0.717, 1.165) is 10.0 Å². The first-order valence-electron chi connectivity index (χ1n) is 4.25. The lowest BCUT2D eigenvalue weighted by Crippen LogP contribution is -2.09. The number of rotatable bonds is 2. The summed E-state index contributed by atoms with van der Waals surface area (Å²) in [4.78, 5) is 11.6. The van der Waals surface area contributed by atoms with E-state index in [1.165, 1.54) is 0 Å². The van der Waals surface area contributed by atoms with E-state index in [-0.39, 0.29) is 5.78 Å². The van der Waals surface area contributed by atoms with Gasteiger partial charge in [0, 0.05) is 10.0 Å². The van der Waals surface area contributed by atoms with Crippen molar-refractivity contribution in [2.24, 2.45) is 5.92 Å². The van der Waals surface area contributed by atoms with Crippen LogP contribution in [0, 0.1) is 24.2 Å². The van der Waals surface area contributed by atoms with Crippen molar-refractivity contribution in [3.8, 4) is 6.07 Å². The summed E-state index contributed by atoms with van der Waals surface area (Å²) < 4.78 is 0.867. The third kappa shape index (κ3) is 2.43. The normalized spacial score (nSPS) is 11.9. The van der Waals surface area contributed by atoms with Crippen LogP contribution in [0.15, 0.2) is 22.7 Å². The molecule has 0 N–H and O–H groups in total. The summed E-state index contributed by atoms with van der Waals surface area (Å²) in [5, 5.41) is 8.62. The molecular weight excluding hydrogens is 242 g/mol. The molecule has 0 aliphatic rings. The minimum atomic E-state index is -0.580. The van der Waals surface area contributed by atoms with Gasteiger partial charge in [0.2, 0.25) is 0 Å². The topological polar surface area (TPSA) is 40.9 Å². The molecule has 0 aliphatic carbocycles. The number of nitriles is 1. The van der Waals surface area contributed by atoms with Crippen molar-refractivity contribution in [2.45, 2.75) is 13.8 Å². The fraction of sp³-hybridized carbons (Fsp3) is 0.273. The predicted molar refractivity (Wildman–Crippen MR) is 58.0 cm³/mol. The monoisotopic (exact) mass is 251 g/mol. The van der Waals surface area contributed by atoms with Crippen molar-refractivity contribution in [2.75, 3.05) is 0 Å². The van der Waals surface area contributed by atoms with Gasteiger partial charge in [-0.3, -0.25) is 4.79 Å². The van der Waals surface area contributed by atoms with Gasteiger partial charge in [-0.25, -0.2) is 0 Å². The Labute approximate surface area is 91.7 Å². The van der Waals surface area contributed by atoms with Gasteiger partial charge >= 0.3 is 0 Å². The van der Waals surface area contributed by atoms with Gasteiger partial charge in [-0.1, -0.05) is 15.9 Å². The summed E-state index contributed by atoms with van der Waals surface area (Å²) in [6, 6.07) is 7.39. The van der Waals surface area contributed by atoms with Crippen LogP contribution in [0.3, 0.4) is 0 Å². The lowest BCUT2D eigenvalue weighted by Gasteiger charge is -2.04. The lowest BCUT2D eigenvalue weighted by molar-refractivity contribution is 0.0956. The maximum Gasteiger partial charge on any atom is 0.179 e. The fourth-order valence-corrected chi connectivity index (χ4v) is 1.79. The van der Waals surface area contributed by atoms with E-state index >= 15 is 0 Å². The van der Waals surface area contributed by atoms with Crippen LogP contribution >= 0.6 is 15.9 Å². The molecule has 0 aliphatic heterocycles. The summed E-state index contributed by atoms with van der Waals surface area (Å²) in [6.07, 6.45) is 0. The lowest BCUT2D eigenvalue weighted by atomic mass is 9.99. The third-order valence-electron chi connectivity index (χ3n) is 1.91. The van der Waals surface area contributed by atoms with Crippen molar-refractivity contribution in [3.05, 3.63) is 33.8 Å². The van der Waals surface area contributed by atoms with Gasteiger partial charge in [-0.2, -0.15) is 5.26 Å². The van der Waals surface area contributed by atoms with Crippen molar-refractivity contribution >= 4 is 21.7 Å². The molecule has 1 aromatic carbocycles. The number of hydrogen-bond acceptors (Lipinski definition) is 2. The van der Waals surface area contributed by atoms with E-state index < -0.39 is 5.92 Å². The number of carbonyl (C=O) groups is 1. The molecule has 0 bridgehead atoms. The van der Waals surface area contributed by atoms with Gasteiger partial charge < -0.3 is 0 Å². The summed E-state index contributed by atoms with van der Waals surface area (Å²) in [5.74, 6) is -0.708. The van der Waals surface area contributed by atoms with Crippen LogP contribution in [0.4, 0.5) is 0 Å². The minimum absolute atomic E-state index is 0.128. The van der Waals surface area contributed by atoms with Gasteiger partial charge in [0.15, 0.2) is 5.78 Å². The van der Waals surface area contributed by atoms with E-state index in [0.29, 0.717) is 5.56 Å². The number of nitrogens with zero attached hydrogens (tertiary/aromatic N) is 1. The summed E-state index contributed by atoms with van der Waals surface area (Å²) >= 11 is 3.32. The Morgan fingerprint density at radius 2 is 2.14 bits per heavy atom. The predicted octanol–water partition coefficient (Wildman–Crippen LogP) is 3.10. The molecule has 1 unspecified atom stereocenters. The van der Waals surface area contributed by atoms with Crippen molar-refractivity contribution in [3.63, 3.8) is 0 Å². The highest BCUT2D eigenvalue weighted by atomic mass is 79.9. The molecule has 2 nitrogen and oxygen atoms in total. The zero-order valence-electron chi connectivity index (χ0n) is 8.04. The summed E-state index contributed by atoms with van der Waals surface area (Å²) in [5.41, 5.74) is 1.60. The van der Waals surface area contributed by atoms with Gasteiger partial charge in [-0.15, -0.1) is 0 Å². The quantitative estimate of drug-likeness (QED) is 0.759. The average molecular weight is 252 g/mol. The first-order valence-corrected chi connectivity index (χ1v) is 5.05. The summed E-state index contributed by atoms with van der Waals surface area (Å²) in [6.45, 7) is 3.52. The smallest absolute Gasteiger partial charge is 0.179 e. The zero-order valence-corrected chi connectivity index (χ0v) is 9.63. The standard InChI is InChI=1S/C11H10BrNO/c1-7-3-9(5-10(12)4-7)11(14)8(2)6-13/h3-5,8H,1-2H3. The van der Waals surface area contributed by atoms with Gasteiger partial charge in [-0.05, 0) is 37.6 Å². The second-order valence-corrected chi connectivity index (χ2v) is 4.15. The Morgan fingerprint density at radius 3 is 2.64 bits per heavy atom. The van der Waals surface area contributed by atoms with Crippen LogP contribution < -0.4 is 0 Å². The Kier molecular flexibility index (Phi) is 3.43. The molecular formula is C11H10BrNO. The molecule has 0 saturated carbocycles. The van der Waals surface area contributed by atoms with Crippen molar-refractivity contribution in [1.29, 1.82) is 5.26 Å². The molecule has 72 valence electrons. The Bertz CT molecular complexity index is 386. The van der Waals surface area contributed by atoms with E-state index in [2.05, 4.69) is 15.9 Å². The molecule has 1 aromatic rings. The molecule has 0 fully saturated rings. The maximum atomic E-state index is 11.6. The number of Topliss-reactive ketones (excluding diaryl/α,β-unsaturated/α-hetero) is 1. The Hall–Kier alpha value is -1.14. The molecule has 0 heterocycles. The first kappa shape index (κ1) is 10.9. The number of aryl methyl sites for hydroxylation is 1. The number of halogens is 1. The maximum absolute atomic E-state index is 11.6. The fourth-order valence-electron chi connectivity index (χ4n) is 1.19. The zero-order chi connectivity index (χ0) is 10.7. The first-order chi connectivity index (χ1) is 6.54. The van der Waals surface area contributed by atoms with Crippen LogP contribution in [-0.2, 0) is 0 Å². The molecule has 0 amide bonds. The minimum Gasteiger partial charge on any atom is -0.293 e. The van der Waals surface area contributed by atoms with E-state index in [4.69, 9.17) is 5.26 Å². The molecule has 1 atom stereocenters. The Morgan fingerprint density at radius 1 is 1.50 bits per heavy atom. The van der Waals surface area contributed by atoms with Gasteiger partial charge in [0.05, 0.1) is 6.07 Å². The highest BCUT2D eigenvalue weighted by molar-refractivity contribution is 9.10. The van der Waals surface area contributed by atoms with Gasteiger partial charge in [0.25, 0.3) is 0 Å². The van der Waals surface area contributed by atoms with Crippen molar-refractivity contribution < 1.29 is 4.79 Å². The molecule has 1 rings (SSSR count). The second kappa shape index (κ2) is 4.39. The number of carbonyl (C=O) groups excluding carboxylic acids is 1. The number of hydrogen-bond donors (Lipinski definition) is 0. The number of ketones is 1. The van der Waals surface area contributed by atoms with Crippen LogP contribution in [0.2, 0.25) is 0 Å². The summed E-state index contributed by atoms with van der Waals surface area (Å²) in [7, 11) is 0. The number of benzene rings is 1. The molecule has 0 aromatic heterocycles. The molecule has 14 heavy (non-hydrogen) atoms. The highest BCUT2D eigenvalue weighted by Crippen LogP contribution is 2.17. The van der Waals surface area contributed by atoms with Crippen LogP contribution in [-0.4, -0.2) is 5.78 Å². The molecule has 0 saturated heterocycles. The second-order valence-electron chi connectivity index (χ2n) is 3.23. The molecule has 0 radical (unpaired) electrons. The van der Waals surface area contributed by atoms with Crippen LogP contribution in [0.1, 0.15) is 22.8 Å². The average Bonchev–Trinajstić information content (AvgIpc) is 2.14. The third-order valence-corrected chi connectivity index (χ3v) is 2.37. The SMILES string of the molecule is Cc1cc(Br)cc(C(=O)C(C)C#N)c1. The highest BCUT2D eigenvalue weighted by Gasteiger charge is 2.14.